The number of phenols is 1. The molecule has 0 fully saturated rings. The van der Waals surface area contributed by atoms with Crippen molar-refractivity contribution in [3.8, 4) is 5.75 Å². The van der Waals surface area contributed by atoms with E-state index in [9.17, 15) is 14.7 Å². The molecular formula is C18H21N3O3. The number of nitrogens with one attached hydrogen (secondary N) is 1. The molecule has 6 heteroatoms. The summed E-state index contributed by atoms with van der Waals surface area (Å²) in [4.78, 5) is 30.1. The highest BCUT2D eigenvalue weighted by Gasteiger charge is 2.35. The van der Waals surface area contributed by atoms with Gasteiger partial charge in [-0.15, -0.1) is 0 Å². The van der Waals surface area contributed by atoms with Gasteiger partial charge in [-0.2, -0.15) is 0 Å². The number of aromatic hydroxyl groups is 1. The van der Waals surface area contributed by atoms with Gasteiger partial charge in [0.1, 0.15) is 17.3 Å². The fourth-order valence-electron chi connectivity index (χ4n) is 3.09. The first-order valence-electron chi connectivity index (χ1n) is 8.08. The van der Waals surface area contributed by atoms with Crippen molar-refractivity contribution in [2.24, 2.45) is 11.8 Å². The van der Waals surface area contributed by atoms with Gasteiger partial charge in [0.25, 0.3) is 5.56 Å². The second kappa shape index (κ2) is 5.78. The number of fused-ring (bicyclic) bond motifs is 2. The third-order valence-electron chi connectivity index (χ3n) is 4.09. The number of benzene rings is 1. The van der Waals surface area contributed by atoms with Gasteiger partial charge < -0.3 is 10.4 Å². The average molecular weight is 327 g/mol. The van der Waals surface area contributed by atoms with E-state index < -0.39 is 6.04 Å². The molecule has 1 unspecified atom stereocenters. The smallest absolute Gasteiger partial charge is 0.262 e. The minimum absolute atomic E-state index is 0.0464. The summed E-state index contributed by atoms with van der Waals surface area (Å²) in [5, 5.41) is 13.2. The molecule has 2 N–H and O–H groups in total. The Labute approximate surface area is 139 Å². The maximum Gasteiger partial charge on any atom is 0.262 e. The molecule has 1 amide bonds. The molecule has 0 radical (unpaired) electrons. The number of amides is 1. The number of phenolic OH excluding ortho intramolecular Hbond substituents is 1. The molecule has 0 aliphatic carbocycles. The van der Waals surface area contributed by atoms with Crippen molar-refractivity contribution >= 4 is 22.5 Å². The van der Waals surface area contributed by atoms with Crippen LogP contribution in [-0.2, 0) is 4.79 Å². The number of para-hydroxylation sites is 1. The van der Waals surface area contributed by atoms with Crippen LogP contribution < -0.4 is 10.9 Å². The molecule has 1 aromatic carbocycles. The number of carbonyl (C=O) groups is 1. The third-order valence-corrected chi connectivity index (χ3v) is 4.09. The number of aromatic nitrogens is 2. The van der Waals surface area contributed by atoms with E-state index in [1.165, 1.54) is 10.6 Å². The molecule has 2 heterocycles. The van der Waals surface area contributed by atoms with Gasteiger partial charge in [0.15, 0.2) is 5.82 Å². The maximum atomic E-state index is 13.0. The predicted molar refractivity (Wildman–Crippen MR) is 92.5 cm³/mol. The Kier molecular flexibility index (Phi) is 3.91. The Morgan fingerprint density at radius 3 is 2.58 bits per heavy atom. The van der Waals surface area contributed by atoms with Gasteiger partial charge in [0, 0.05) is 0 Å². The van der Waals surface area contributed by atoms with Crippen molar-refractivity contribution in [3.63, 3.8) is 0 Å². The lowest BCUT2D eigenvalue weighted by Crippen LogP contribution is -2.46. The summed E-state index contributed by atoms with van der Waals surface area (Å²) in [7, 11) is 0. The summed E-state index contributed by atoms with van der Waals surface area (Å²) in [6.45, 7) is 7.75. The fraction of sp³-hybridized carbons (Fsp3) is 0.389. The molecule has 1 aliphatic rings. The molecule has 6 nitrogen and oxygen atoms in total. The van der Waals surface area contributed by atoms with Gasteiger partial charge in [-0.05, 0) is 24.0 Å². The SMILES string of the molecule is CC(C)C=C1NC(=O)C(C(C)C)n2c1nc1c(O)cccc1c2=O. The van der Waals surface area contributed by atoms with Crippen LogP contribution in [-0.4, -0.2) is 20.6 Å². The number of hydrogen-bond acceptors (Lipinski definition) is 4. The van der Waals surface area contributed by atoms with Crippen LogP contribution in [0.1, 0.15) is 39.6 Å². The van der Waals surface area contributed by atoms with Crippen molar-refractivity contribution in [2.75, 3.05) is 0 Å². The van der Waals surface area contributed by atoms with Crippen LogP contribution >= 0.6 is 0 Å². The van der Waals surface area contributed by atoms with E-state index in [1.807, 2.05) is 33.8 Å². The highest BCUT2D eigenvalue weighted by molar-refractivity contribution is 5.93. The molecule has 0 bridgehead atoms. The molecule has 1 atom stereocenters. The number of nitrogens with zero attached hydrogens (tertiary/aromatic N) is 2. The molecular weight excluding hydrogens is 306 g/mol. The van der Waals surface area contributed by atoms with Gasteiger partial charge in [-0.1, -0.05) is 39.8 Å². The molecule has 2 aromatic rings. The summed E-state index contributed by atoms with van der Waals surface area (Å²) in [6.07, 6.45) is 1.86. The molecule has 0 spiro atoms. The quantitative estimate of drug-likeness (QED) is 0.887. The number of hydrogen-bond donors (Lipinski definition) is 2. The standard InChI is InChI=1S/C18H21N3O3/c1-9(2)8-12-16-20-14-11(6-5-7-13(14)22)18(24)21(16)15(10(3)4)17(23)19-12/h5-10,15,22H,1-4H3,(H,19,23). The first-order chi connectivity index (χ1) is 11.3. The highest BCUT2D eigenvalue weighted by atomic mass is 16.3. The second-order valence-corrected chi connectivity index (χ2v) is 6.79. The zero-order chi connectivity index (χ0) is 17.6. The highest BCUT2D eigenvalue weighted by Crippen LogP contribution is 2.29. The van der Waals surface area contributed by atoms with Crippen molar-refractivity contribution in [3.05, 3.63) is 40.5 Å². The van der Waals surface area contributed by atoms with E-state index in [2.05, 4.69) is 10.3 Å². The van der Waals surface area contributed by atoms with Gasteiger partial charge >= 0.3 is 0 Å². The van der Waals surface area contributed by atoms with E-state index in [4.69, 9.17) is 0 Å². The maximum absolute atomic E-state index is 13.0. The minimum atomic E-state index is -0.629. The number of rotatable bonds is 2. The van der Waals surface area contributed by atoms with E-state index in [1.54, 1.807) is 12.1 Å². The van der Waals surface area contributed by atoms with Crippen LogP contribution in [0.25, 0.3) is 16.6 Å². The first kappa shape index (κ1) is 16.2. The van der Waals surface area contributed by atoms with Crippen molar-refractivity contribution < 1.29 is 9.90 Å². The van der Waals surface area contributed by atoms with Crippen LogP contribution in [0.3, 0.4) is 0 Å². The Morgan fingerprint density at radius 1 is 1.25 bits per heavy atom. The summed E-state index contributed by atoms with van der Waals surface area (Å²) in [5.41, 5.74) is 0.449. The van der Waals surface area contributed by atoms with Crippen molar-refractivity contribution in [1.29, 1.82) is 0 Å². The summed E-state index contributed by atoms with van der Waals surface area (Å²) in [6, 6.07) is 4.09. The first-order valence-corrected chi connectivity index (χ1v) is 8.08. The van der Waals surface area contributed by atoms with Gasteiger partial charge in [-0.3, -0.25) is 14.2 Å². The van der Waals surface area contributed by atoms with Crippen molar-refractivity contribution in [2.45, 2.75) is 33.7 Å². The zero-order valence-corrected chi connectivity index (χ0v) is 14.2. The second-order valence-electron chi connectivity index (χ2n) is 6.79. The zero-order valence-electron chi connectivity index (χ0n) is 14.2. The topological polar surface area (TPSA) is 84.2 Å². The number of carbonyl (C=O) groups excluding carboxylic acids is 1. The summed E-state index contributed by atoms with van der Waals surface area (Å²) >= 11 is 0. The summed E-state index contributed by atoms with van der Waals surface area (Å²) < 4.78 is 1.46. The van der Waals surface area contributed by atoms with Gasteiger partial charge in [0.2, 0.25) is 5.91 Å². The molecule has 24 heavy (non-hydrogen) atoms. The van der Waals surface area contributed by atoms with Crippen LogP contribution in [0, 0.1) is 11.8 Å². The van der Waals surface area contributed by atoms with Gasteiger partial charge in [0.05, 0.1) is 11.1 Å². The van der Waals surface area contributed by atoms with Gasteiger partial charge in [-0.25, -0.2) is 4.98 Å². The van der Waals surface area contributed by atoms with Crippen molar-refractivity contribution in [1.82, 2.24) is 14.9 Å². The largest absolute Gasteiger partial charge is 0.506 e. The lowest BCUT2D eigenvalue weighted by Gasteiger charge is -2.31. The third kappa shape index (κ3) is 2.48. The molecule has 126 valence electrons. The van der Waals surface area contributed by atoms with Crippen LogP contribution in [0.15, 0.2) is 29.1 Å². The molecule has 0 saturated heterocycles. The number of allylic oxidation sites excluding steroid dienone is 1. The predicted octanol–water partition coefficient (Wildman–Crippen LogP) is 2.43. The average Bonchev–Trinajstić information content (AvgIpc) is 2.48. The lowest BCUT2D eigenvalue weighted by molar-refractivity contribution is -0.125. The Balaban J connectivity index is 2.43. The fourth-order valence-corrected chi connectivity index (χ4v) is 3.09. The minimum Gasteiger partial charge on any atom is -0.506 e. The molecule has 1 aromatic heterocycles. The van der Waals surface area contributed by atoms with Crippen LogP contribution in [0.4, 0.5) is 0 Å². The van der Waals surface area contributed by atoms with Crippen LogP contribution in [0.2, 0.25) is 0 Å². The van der Waals surface area contributed by atoms with Crippen LogP contribution in [0.5, 0.6) is 5.75 Å². The summed E-state index contributed by atoms with van der Waals surface area (Å²) in [5.74, 6) is 0.226. The Morgan fingerprint density at radius 2 is 1.96 bits per heavy atom. The Hall–Kier alpha value is -2.63. The van der Waals surface area contributed by atoms with E-state index in [0.717, 1.165) is 0 Å². The van der Waals surface area contributed by atoms with E-state index >= 15 is 0 Å². The lowest BCUT2D eigenvalue weighted by atomic mass is 9.99. The Bertz CT molecular complexity index is 910. The normalized spacial score (nSPS) is 19.2. The van der Waals surface area contributed by atoms with E-state index in [-0.39, 0.29) is 34.6 Å². The van der Waals surface area contributed by atoms with E-state index in [0.29, 0.717) is 16.9 Å². The molecule has 1 aliphatic heterocycles. The molecule has 3 rings (SSSR count). The molecule has 0 saturated carbocycles. The monoisotopic (exact) mass is 327 g/mol.